The van der Waals surface area contributed by atoms with E-state index in [1.165, 1.54) is 29.8 Å². The highest BCUT2D eigenvalue weighted by Gasteiger charge is 2.21. The van der Waals surface area contributed by atoms with Crippen molar-refractivity contribution in [2.24, 2.45) is 0 Å². The summed E-state index contributed by atoms with van der Waals surface area (Å²) in [6.45, 7) is 6.51. The van der Waals surface area contributed by atoms with Crippen molar-refractivity contribution in [1.29, 1.82) is 0 Å². The van der Waals surface area contributed by atoms with E-state index in [0.717, 1.165) is 18.7 Å². The third kappa shape index (κ3) is 1.84. The molecular formula is C14H19N3. The molecule has 0 saturated carbocycles. The first kappa shape index (κ1) is 10.8. The number of nitrogens with one attached hydrogen (secondary N) is 1. The lowest BCUT2D eigenvalue weighted by Crippen LogP contribution is -2.29. The Morgan fingerprint density at radius 1 is 1.35 bits per heavy atom. The van der Waals surface area contributed by atoms with E-state index in [1.807, 2.05) is 0 Å². The zero-order valence-corrected chi connectivity index (χ0v) is 10.5. The lowest BCUT2D eigenvalue weighted by molar-refractivity contribution is 0.451. The summed E-state index contributed by atoms with van der Waals surface area (Å²) in [4.78, 5) is 4.66. The third-order valence-electron chi connectivity index (χ3n) is 3.67. The lowest BCUT2D eigenvalue weighted by atomic mass is 9.95. The molecule has 1 unspecified atom stereocenters. The van der Waals surface area contributed by atoms with E-state index in [2.05, 4.69) is 46.9 Å². The van der Waals surface area contributed by atoms with Gasteiger partial charge in [-0.3, -0.25) is 0 Å². The predicted molar refractivity (Wildman–Crippen MR) is 69.5 cm³/mol. The largest absolute Gasteiger partial charge is 0.316 e. The van der Waals surface area contributed by atoms with Crippen molar-refractivity contribution < 1.29 is 0 Å². The van der Waals surface area contributed by atoms with Crippen LogP contribution in [0.3, 0.4) is 0 Å². The smallest absolute Gasteiger partial charge is 0.137 e. The van der Waals surface area contributed by atoms with Crippen molar-refractivity contribution in [3.63, 3.8) is 0 Å². The number of aryl methyl sites for hydroxylation is 2. The highest BCUT2D eigenvalue weighted by atomic mass is 15.0. The van der Waals surface area contributed by atoms with Gasteiger partial charge in [0.2, 0.25) is 0 Å². The van der Waals surface area contributed by atoms with Crippen molar-refractivity contribution in [3.05, 3.63) is 35.3 Å². The summed E-state index contributed by atoms with van der Waals surface area (Å²) >= 11 is 0. The molecule has 1 aliphatic rings. The highest BCUT2D eigenvalue weighted by Crippen LogP contribution is 2.27. The van der Waals surface area contributed by atoms with Crippen LogP contribution in [0.25, 0.3) is 5.65 Å². The molecule has 0 aromatic carbocycles. The molecule has 0 radical (unpaired) electrons. The molecule has 1 saturated heterocycles. The first-order valence-corrected chi connectivity index (χ1v) is 6.41. The molecule has 3 heteroatoms. The van der Waals surface area contributed by atoms with E-state index in [-0.39, 0.29) is 0 Å². The molecule has 90 valence electrons. The Hall–Kier alpha value is -1.35. The second-order valence-electron chi connectivity index (χ2n) is 5.06. The maximum absolute atomic E-state index is 4.66. The molecule has 0 amide bonds. The van der Waals surface area contributed by atoms with E-state index >= 15 is 0 Å². The monoisotopic (exact) mass is 229 g/mol. The van der Waals surface area contributed by atoms with Gasteiger partial charge in [0.1, 0.15) is 5.65 Å². The molecule has 17 heavy (non-hydrogen) atoms. The van der Waals surface area contributed by atoms with Gasteiger partial charge in [-0.15, -0.1) is 0 Å². The van der Waals surface area contributed by atoms with Gasteiger partial charge in [-0.1, -0.05) is 6.07 Å². The summed E-state index contributed by atoms with van der Waals surface area (Å²) in [5.41, 5.74) is 4.95. The fourth-order valence-corrected chi connectivity index (χ4v) is 2.86. The van der Waals surface area contributed by atoms with Crippen LogP contribution >= 0.6 is 0 Å². The van der Waals surface area contributed by atoms with Crippen LogP contribution in [-0.2, 0) is 0 Å². The van der Waals surface area contributed by atoms with E-state index in [9.17, 15) is 0 Å². The van der Waals surface area contributed by atoms with Crippen LogP contribution in [0, 0.1) is 13.8 Å². The summed E-state index contributed by atoms with van der Waals surface area (Å²) in [5, 5.41) is 3.49. The summed E-state index contributed by atoms with van der Waals surface area (Å²) in [5.74, 6) is 0.612. The minimum atomic E-state index is 0.612. The minimum Gasteiger partial charge on any atom is -0.316 e. The van der Waals surface area contributed by atoms with Crippen LogP contribution in [0.4, 0.5) is 0 Å². The molecule has 0 spiro atoms. The number of aromatic nitrogens is 2. The maximum atomic E-state index is 4.66. The van der Waals surface area contributed by atoms with Gasteiger partial charge in [-0.25, -0.2) is 4.98 Å². The SMILES string of the molecule is Cc1ccc2nc(C)c(C3CCCNC3)n2c1. The molecule has 1 fully saturated rings. The van der Waals surface area contributed by atoms with Crippen LogP contribution in [0.15, 0.2) is 18.3 Å². The van der Waals surface area contributed by atoms with Gasteiger partial charge in [-0.2, -0.15) is 0 Å². The van der Waals surface area contributed by atoms with Crippen molar-refractivity contribution >= 4 is 5.65 Å². The summed E-state index contributed by atoms with van der Waals surface area (Å²) in [6, 6.07) is 4.24. The van der Waals surface area contributed by atoms with Gasteiger partial charge in [0, 0.05) is 24.4 Å². The molecule has 3 heterocycles. The average Bonchev–Trinajstić information content (AvgIpc) is 2.65. The number of hydrogen-bond donors (Lipinski definition) is 1. The number of pyridine rings is 1. The van der Waals surface area contributed by atoms with E-state index < -0.39 is 0 Å². The van der Waals surface area contributed by atoms with Crippen LogP contribution in [0.2, 0.25) is 0 Å². The number of piperidine rings is 1. The van der Waals surface area contributed by atoms with E-state index in [4.69, 9.17) is 0 Å². The topological polar surface area (TPSA) is 29.3 Å². The number of rotatable bonds is 1. The van der Waals surface area contributed by atoms with Gasteiger partial charge in [0.15, 0.2) is 0 Å². The summed E-state index contributed by atoms with van der Waals surface area (Å²) in [6.07, 6.45) is 4.75. The average molecular weight is 229 g/mol. The molecule has 0 bridgehead atoms. The predicted octanol–water partition coefficient (Wildman–Crippen LogP) is 2.42. The maximum Gasteiger partial charge on any atom is 0.137 e. The van der Waals surface area contributed by atoms with E-state index in [0.29, 0.717) is 5.92 Å². The first-order valence-electron chi connectivity index (χ1n) is 6.41. The quantitative estimate of drug-likeness (QED) is 0.813. The fraction of sp³-hybridized carbons (Fsp3) is 0.500. The lowest BCUT2D eigenvalue weighted by Gasteiger charge is -2.23. The molecule has 3 nitrogen and oxygen atoms in total. The second kappa shape index (κ2) is 4.15. The Balaban J connectivity index is 2.13. The van der Waals surface area contributed by atoms with Crippen molar-refractivity contribution in [3.8, 4) is 0 Å². The Morgan fingerprint density at radius 2 is 2.24 bits per heavy atom. The molecule has 2 aromatic rings. The third-order valence-corrected chi connectivity index (χ3v) is 3.67. The van der Waals surface area contributed by atoms with Crippen molar-refractivity contribution in [1.82, 2.24) is 14.7 Å². The molecule has 1 N–H and O–H groups in total. The minimum absolute atomic E-state index is 0.612. The van der Waals surface area contributed by atoms with Crippen LogP contribution < -0.4 is 5.32 Å². The standard InChI is InChI=1S/C14H19N3/c1-10-5-6-13-16-11(2)14(17(13)9-10)12-4-3-7-15-8-12/h5-6,9,12,15H,3-4,7-8H2,1-2H3. The normalized spacial score (nSPS) is 20.9. The molecule has 3 rings (SSSR count). The van der Waals surface area contributed by atoms with Crippen LogP contribution in [-0.4, -0.2) is 22.5 Å². The van der Waals surface area contributed by atoms with Gasteiger partial charge >= 0.3 is 0 Å². The zero-order chi connectivity index (χ0) is 11.8. The summed E-state index contributed by atoms with van der Waals surface area (Å²) < 4.78 is 2.28. The van der Waals surface area contributed by atoms with Gasteiger partial charge in [0.25, 0.3) is 0 Å². The number of imidazole rings is 1. The van der Waals surface area contributed by atoms with Gasteiger partial charge < -0.3 is 9.72 Å². The van der Waals surface area contributed by atoms with E-state index in [1.54, 1.807) is 0 Å². The van der Waals surface area contributed by atoms with Crippen LogP contribution in [0.1, 0.15) is 35.7 Å². The van der Waals surface area contributed by atoms with Crippen molar-refractivity contribution in [2.45, 2.75) is 32.6 Å². The Bertz CT molecular complexity index is 536. The number of fused-ring (bicyclic) bond motifs is 1. The first-order chi connectivity index (χ1) is 8.25. The van der Waals surface area contributed by atoms with Gasteiger partial charge in [0.05, 0.1) is 5.69 Å². The summed E-state index contributed by atoms with van der Waals surface area (Å²) in [7, 11) is 0. The highest BCUT2D eigenvalue weighted by molar-refractivity contribution is 5.45. The zero-order valence-electron chi connectivity index (χ0n) is 10.5. The Kier molecular flexibility index (Phi) is 2.63. The molecule has 2 aromatic heterocycles. The fourth-order valence-electron chi connectivity index (χ4n) is 2.86. The Morgan fingerprint density at radius 3 is 3.00 bits per heavy atom. The second-order valence-corrected chi connectivity index (χ2v) is 5.06. The molecule has 0 aliphatic carbocycles. The van der Waals surface area contributed by atoms with Crippen LogP contribution in [0.5, 0.6) is 0 Å². The Labute approximate surface area is 102 Å². The number of hydrogen-bond acceptors (Lipinski definition) is 2. The number of nitrogens with zero attached hydrogens (tertiary/aromatic N) is 2. The molecule has 1 aliphatic heterocycles. The molecular weight excluding hydrogens is 210 g/mol. The molecule has 1 atom stereocenters. The van der Waals surface area contributed by atoms with Crippen molar-refractivity contribution in [2.75, 3.05) is 13.1 Å². The van der Waals surface area contributed by atoms with Gasteiger partial charge in [-0.05, 0) is 44.9 Å².